The van der Waals surface area contributed by atoms with Crippen molar-refractivity contribution in [3.8, 4) is 0 Å². The van der Waals surface area contributed by atoms with Crippen LogP contribution in [0.25, 0.3) is 10.9 Å². The molecule has 1 aliphatic carbocycles. The first-order valence-electron chi connectivity index (χ1n) is 8.21. The van der Waals surface area contributed by atoms with Crippen LogP contribution >= 0.6 is 0 Å². The molecule has 1 amide bonds. The Bertz CT molecular complexity index is 790. The van der Waals surface area contributed by atoms with Crippen molar-refractivity contribution in [3.63, 3.8) is 0 Å². The van der Waals surface area contributed by atoms with E-state index in [4.69, 9.17) is 0 Å². The first-order chi connectivity index (χ1) is 11.8. The van der Waals surface area contributed by atoms with Gasteiger partial charge in [0.05, 0.1) is 17.7 Å². The number of nitrogens with zero attached hydrogens (tertiary/aromatic N) is 1. The van der Waals surface area contributed by atoms with Gasteiger partial charge in [0.1, 0.15) is 6.61 Å². The summed E-state index contributed by atoms with van der Waals surface area (Å²) < 4.78 is 41.0. The third kappa shape index (κ3) is 4.10. The summed E-state index contributed by atoms with van der Waals surface area (Å²) in [4.78, 5) is 17.4. The van der Waals surface area contributed by atoms with Gasteiger partial charge < -0.3 is 10.1 Å². The molecule has 7 heteroatoms. The smallest absolute Gasteiger partial charge is 0.370 e. The van der Waals surface area contributed by atoms with Crippen molar-refractivity contribution in [3.05, 3.63) is 41.1 Å². The summed E-state index contributed by atoms with van der Waals surface area (Å²) in [5.41, 5.74) is 3.22. The number of carbonyl (C=O) groups excluding carboxylic acids is 1. The Morgan fingerprint density at radius 1 is 1.32 bits per heavy atom. The molecular formula is C18H19F3N2O2. The fraction of sp³-hybridized carbons (Fsp3) is 0.444. The number of halogens is 3. The van der Waals surface area contributed by atoms with E-state index in [1.165, 1.54) is 0 Å². The summed E-state index contributed by atoms with van der Waals surface area (Å²) in [7, 11) is 0. The van der Waals surface area contributed by atoms with Gasteiger partial charge in [-0.3, -0.25) is 9.78 Å². The molecule has 2 aromatic rings. The van der Waals surface area contributed by atoms with Crippen molar-refractivity contribution in [2.75, 3.05) is 13.2 Å². The van der Waals surface area contributed by atoms with Gasteiger partial charge in [0.25, 0.3) is 5.91 Å². The minimum Gasteiger partial charge on any atom is -0.370 e. The maximum Gasteiger partial charge on any atom is 0.411 e. The van der Waals surface area contributed by atoms with Crippen LogP contribution in [0.1, 0.15) is 35.0 Å². The van der Waals surface area contributed by atoms with E-state index >= 15 is 0 Å². The van der Waals surface area contributed by atoms with Crippen molar-refractivity contribution in [1.82, 2.24) is 10.3 Å². The highest BCUT2D eigenvalue weighted by molar-refractivity contribution is 6.07. The number of carbonyl (C=O) groups is 1. The van der Waals surface area contributed by atoms with Crippen molar-refractivity contribution < 1.29 is 22.7 Å². The molecule has 1 aromatic heterocycles. The molecule has 1 atom stereocenters. The van der Waals surface area contributed by atoms with E-state index in [-0.39, 0.29) is 12.5 Å². The minimum absolute atomic E-state index is 0.198. The first kappa shape index (κ1) is 17.7. The average molecular weight is 352 g/mol. The predicted molar refractivity (Wildman–Crippen MR) is 87.6 cm³/mol. The van der Waals surface area contributed by atoms with Crippen molar-refractivity contribution in [2.45, 2.75) is 38.4 Å². The van der Waals surface area contributed by atoms with E-state index < -0.39 is 18.8 Å². The van der Waals surface area contributed by atoms with E-state index in [1.54, 1.807) is 6.92 Å². The monoisotopic (exact) mass is 352 g/mol. The standard InChI is InChI=1S/C18H19F3N2O2/c1-11(9-25-10-18(19,20)21)22-17(24)16-12-5-2-3-7-14(12)23-15-8-4-6-13(15)16/h2-3,5,7,11H,4,6,8-10H2,1H3,(H,22,24)/t11-/m1/s1. The van der Waals surface area contributed by atoms with Crippen LogP contribution in [0.5, 0.6) is 0 Å². The molecule has 0 fully saturated rings. The zero-order valence-electron chi connectivity index (χ0n) is 13.8. The maximum absolute atomic E-state index is 12.8. The SMILES string of the molecule is C[C@H](COCC(F)(F)F)NC(=O)c1c2c(nc3ccccc13)CCC2. The van der Waals surface area contributed by atoms with Gasteiger partial charge in [0, 0.05) is 17.1 Å². The molecule has 0 unspecified atom stereocenters. The number of rotatable bonds is 5. The highest BCUT2D eigenvalue weighted by Gasteiger charge is 2.28. The highest BCUT2D eigenvalue weighted by atomic mass is 19.4. The lowest BCUT2D eigenvalue weighted by molar-refractivity contribution is -0.174. The first-order valence-corrected chi connectivity index (χ1v) is 8.21. The summed E-state index contributed by atoms with van der Waals surface area (Å²) in [5, 5.41) is 3.51. The van der Waals surface area contributed by atoms with Crippen LogP contribution in [-0.2, 0) is 17.6 Å². The van der Waals surface area contributed by atoms with Gasteiger partial charge in [-0.1, -0.05) is 18.2 Å². The number of hydrogen-bond donors (Lipinski definition) is 1. The number of fused-ring (bicyclic) bond motifs is 2. The molecule has 0 saturated carbocycles. The van der Waals surface area contributed by atoms with E-state index in [0.29, 0.717) is 5.56 Å². The predicted octanol–water partition coefficient (Wildman–Crippen LogP) is 3.42. The topological polar surface area (TPSA) is 51.2 Å². The van der Waals surface area contributed by atoms with E-state index in [9.17, 15) is 18.0 Å². The lowest BCUT2D eigenvalue weighted by Gasteiger charge is -2.17. The Balaban J connectivity index is 1.78. The number of pyridine rings is 1. The second-order valence-electron chi connectivity index (χ2n) is 6.29. The molecule has 0 saturated heterocycles. The van der Waals surface area contributed by atoms with E-state index in [0.717, 1.165) is 41.4 Å². The zero-order valence-corrected chi connectivity index (χ0v) is 13.8. The molecule has 0 spiro atoms. The maximum atomic E-state index is 12.8. The van der Waals surface area contributed by atoms with Crippen LogP contribution in [0, 0.1) is 0 Å². The fourth-order valence-electron chi connectivity index (χ4n) is 3.16. The van der Waals surface area contributed by atoms with E-state index in [2.05, 4.69) is 15.0 Å². The van der Waals surface area contributed by atoms with Gasteiger partial charge in [-0.2, -0.15) is 13.2 Å². The molecule has 1 aliphatic rings. The van der Waals surface area contributed by atoms with Crippen LogP contribution < -0.4 is 5.32 Å². The lowest BCUT2D eigenvalue weighted by atomic mass is 10.0. The third-order valence-electron chi connectivity index (χ3n) is 4.16. The molecule has 134 valence electrons. The molecule has 3 rings (SSSR count). The molecule has 0 aliphatic heterocycles. The van der Waals surface area contributed by atoms with Crippen LogP contribution in [0.2, 0.25) is 0 Å². The summed E-state index contributed by atoms with van der Waals surface area (Å²) in [6.07, 6.45) is -1.80. The number of ether oxygens (including phenoxy) is 1. The molecule has 1 heterocycles. The number of amides is 1. The second-order valence-corrected chi connectivity index (χ2v) is 6.29. The Morgan fingerprint density at radius 3 is 2.84 bits per heavy atom. The average Bonchev–Trinajstić information content (AvgIpc) is 2.98. The summed E-state index contributed by atoms with van der Waals surface area (Å²) >= 11 is 0. The van der Waals surface area contributed by atoms with Crippen molar-refractivity contribution >= 4 is 16.8 Å². The highest BCUT2D eigenvalue weighted by Crippen LogP contribution is 2.29. The second kappa shape index (κ2) is 7.00. The molecule has 25 heavy (non-hydrogen) atoms. The zero-order chi connectivity index (χ0) is 18.0. The number of hydrogen-bond acceptors (Lipinski definition) is 3. The number of benzene rings is 1. The quantitative estimate of drug-likeness (QED) is 0.897. The van der Waals surface area contributed by atoms with Gasteiger partial charge >= 0.3 is 6.18 Å². The van der Waals surface area contributed by atoms with Crippen molar-refractivity contribution in [1.29, 1.82) is 0 Å². The molecule has 4 nitrogen and oxygen atoms in total. The fourth-order valence-corrected chi connectivity index (χ4v) is 3.16. The molecule has 1 aromatic carbocycles. The Hall–Kier alpha value is -2.15. The van der Waals surface area contributed by atoms with E-state index in [1.807, 2.05) is 24.3 Å². The normalized spacial score (nSPS) is 15.2. The Morgan fingerprint density at radius 2 is 2.08 bits per heavy atom. The van der Waals surface area contributed by atoms with Gasteiger partial charge in [-0.25, -0.2) is 0 Å². The van der Waals surface area contributed by atoms with Crippen LogP contribution in [0.4, 0.5) is 13.2 Å². The molecule has 0 radical (unpaired) electrons. The number of para-hydroxylation sites is 1. The largest absolute Gasteiger partial charge is 0.411 e. The van der Waals surface area contributed by atoms with Gasteiger partial charge in [0.15, 0.2) is 0 Å². The van der Waals surface area contributed by atoms with Crippen LogP contribution in [0.15, 0.2) is 24.3 Å². The lowest BCUT2D eigenvalue weighted by Crippen LogP contribution is -2.37. The Labute approximate surface area is 143 Å². The molecule has 1 N–H and O–H groups in total. The minimum atomic E-state index is -4.37. The molecule has 0 bridgehead atoms. The number of aromatic nitrogens is 1. The van der Waals surface area contributed by atoms with Gasteiger partial charge in [-0.05, 0) is 37.8 Å². The Kier molecular flexibility index (Phi) is 4.94. The summed E-state index contributed by atoms with van der Waals surface area (Å²) in [6, 6.07) is 6.89. The summed E-state index contributed by atoms with van der Waals surface area (Å²) in [5.74, 6) is -0.292. The number of aryl methyl sites for hydroxylation is 1. The summed E-state index contributed by atoms with van der Waals surface area (Å²) in [6.45, 7) is 0.106. The number of nitrogens with one attached hydrogen (secondary N) is 1. The van der Waals surface area contributed by atoms with Crippen LogP contribution in [-0.4, -0.2) is 36.3 Å². The third-order valence-corrected chi connectivity index (χ3v) is 4.16. The van der Waals surface area contributed by atoms with Gasteiger partial charge in [0.2, 0.25) is 0 Å². The van der Waals surface area contributed by atoms with Gasteiger partial charge in [-0.15, -0.1) is 0 Å². The molecular weight excluding hydrogens is 333 g/mol. The number of alkyl halides is 3. The van der Waals surface area contributed by atoms with Crippen molar-refractivity contribution in [2.24, 2.45) is 0 Å². The van der Waals surface area contributed by atoms with Crippen LogP contribution in [0.3, 0.4) is 0 Å².